The summed E-state index contributed by atoms with van der Waals surface area (Å²) in [5, 5.41) is 12.3. The smallest absolute Gasteiger partial charge is 0.348 e. The van der Waals surface area contributed by atoms with Crippen molar-refractivity contribution >= 4 is 23.9 Å². The first kappa shape index (κ1) is 33.7. The number of methoxy groups -OCH3 is 1. The molecule has 46 heavy (non-hydrogen) atoms. The summed E-state index contributed by atoms with van der Waals surface area (Å²) in [5.74, 6) is -1.63. The molecular formula is C34H45NO11. The molecule has 12 nitrogen and oxygen atoms in total. The molecule has 1 saturated heterocycles. The van der Waals surface area contributed by atoms with Crippen LogP contribution < -0.4 is 9.47 Å². The molecule has 1 N–H and O–H groups in total. The molecule has 0 radical (unpaired) electrons. The number of hydrogen-bond acceptors (Lipinski definition) is 12. The number of piperidine rings is 1. The van der Waals surface area contributed by atoms with Crippen LogP contribution in [-0.4, -0.2) is 91.7 Å². The van der Waals surface area contributed by atoms with Gasteiger partial charge in [-0.05, 0) is 56.0 Å². The minimum absolute atomic E-state index is 0.0333. The van der Waals surface area contributed by atoms with Gasteiger partial charge in [-0.25, -0.2) is 4.79 Å². The fraction of sp³-hybridized carbons (Fsp3) is 0.647. The molecule has 1 aromatic carbocycles. The van der Waals surface area contributed by atoms with Gasteiger partial charge >= 0.3 is 23.9 Å². The maximum Gasteiger partial charge on any atom is 0.348 e. The Bertz CT molecular complexity index is 1400. The van der Waals surface area contributed by atoms with E-state index in [9.17, 15) is 24.3 Å². The maximum atomic E-state index is 13.1. The van der Waals surface area contributed by atoms with E-state index in [2.05, 4.69) is 4.90 Å². The van der Waals surface area contributed by atoms with Gasteiger partial charge in [0, 0.05) is 18.0 Å². The molecule has 0 amide bonds. The van der Waals surface area contributed by atoms with Crippen molar-refractivity contribution in [3.8, 4) is 11.5 Å². The summed E-state index contributed by atoms with van der Waals surface area (Å²) in [4.78, 5) is 53.0. The number of benzene rings is 1. The molecule has 1 spiro atoms. The zero-order valence-electron chi connectivity index (χ0n) is 27.5. The molecule has 0 unspecified atom stereocenters. The van der Waals surface area contributed by atoms with E-state index in [1.54, 1.807) is 13.2 Å². The van der Waals surface area contributed by atoms with Gasteiger partial charge in [0.15, 0.2) is 17.6 Å². The average molecular weight is 644 g/mol. The lowest BCUT2D eigenvalue weighted by Gasteiger charge is -2.61. The highest BCUT2D eigenvalue weighted by Crippen LogP contribution is 2.65. The van der Waals surface area contributed by atoms with E-state index in [1.165, 1.54) is 0 Å². The lowest BCUT2D eigenvalue weighted by Crippen LogP contribution is -2.74. The molecular weight excluding hydrogens is 598 g/mol. The topological polar surface area (TPSA) is 147 Å². The predicted octanol–water partition coefficient (Wildman–Crippen LogP) is 3.00. The zero-order valence-corrected chi connectivity index (χ0v) is 27.5. The SMILES string of the molecule is COc1ccc2c3c1O[C@H]1C(OC(=O)CCC(=O)O[C@H](CC(=O)OCC(C)C)C(=O)OCC(C)C)=CC[C@@]4(O)[C@@H](C2)N(C)CC[C@]314. The van der Waals surface area contributed by atoms with E-state index in [-0.39, 0.29) is 49.7 Å². The molecule has 5 rings (SSSR count). The Labute approximate surface area is 269 Å². The van der Waals surface area contributed by atoms with Gasteiger partial charge in [0.1, 0.15) is 5.76 Å². The van der Waals surface area contributed by atoms with Crippen molar-refractivity contribution in [3.05, 3.63) is 35.1 Å². The Kier molecular flexibility index (Phi) is 9.70. The molecule has 2 heterocycles. The maximum absolute atomic E-state index is 13.1. The molecule has 0 aromatic heterocycles. The number of hydrogen-bond donors (Lipinski definition) is 1. The van der Waals surface area contributed by atoms with Gasteiger partial charge in [-0.2, -0.15) is 0 Å². The van der Waals surface area contributed by atoms with E-state index in [4.69, 9.17) is 28.4 Å². The van der Waals surface area contributed by atoms with Crippen molar-refractivity contribution in [1.29, 1.82) is 0 Å². The van der Waals surface area contributed by atoms with Crippen molar-refractivity contribution in [2.24, 2.45) is 11.8 Å². The summed E-state index contributed by atoms with van der Waals surface area (Å²) in [6, 6.07) is 3.73. The number of rotatable bonds is 13. The third kappa shape index (κ3) is 6.09. The van der Waals surface area contributed by atoms with E-state index < -0.39 is 59.9 Å². The van der Waals surface area contributed by atoms with E-state index in [0.29, 0.717) is 24.3 Å². The highest BCUT2D eigenvalue weighted by Gasteiger charge is 2.72. The van der Waals surface area contributed by atoms with Gasteiger partial charge in [0.05, 0.1) is 50.6 Å². The van der Waals surface area contributed by atoms with Gasteiger partial charge in [-0.15, -0.1) is 0 Å². The van der Waals surface area contributed by atoms with Crippen LogP contribution >= 0.6 is 0 Å². The van der Waals surface area contributed by atoms with Crippen LogP contribution in [0.1, 0.15) is 70.9 Å². The fourth-order valence-corrected chi connectivity index (χ4v) is 7.18. The first-order valence-corrected chi connectivity index (χ1v) is 16.0. The highest BCUT2D eigenvalue weighted by molar-refractivity contribution is 5.85. The van der Waals surface area contributed by atoms with Crippen LogP contribution in [0.3, 0.4) is 0 Å². The fourth-order valence-electron chi connectivity index (χ4n) is 7.18. The monoisotopic (exact) mass is 643 g/mol. The Balaban J connectivity index is 1.26. The van der Waals surface area contributed by atoms with Gasteiger partial charge < -0.3 is 38.4 Å². The molecule has 1 aromatic rings. The zero-order chi connectivity index (χ0) is 33.4. The molecule has 252 valence electrons. The summed E-state index contributed by atoms with van der Waals surface area (Å²) >= 11 is 0. The van der Waals surface area contributed by atoms with Crippen molar-refractivity contribution in [2.75, 3.05) is 33.9 Å². The molecule has 2 aliphatic heterocycles. The van der Waals surface area contributed by atoms with Crippen LogP contribution in [0.5, 0.6) is 11.5 Å². The van der Waals surface area contributed by atoms with Crippen molar-refractivity contribution in [1.82, 2.24) is 4.90 Å². The summed E-state index contributed by atoms with van der Waals surface area (Å²) in [6.07, 6.45) is -0.302. The van der Waals surface area contributed by atoms with Crippen LogP contribution in [0.15, 0.2) is 24.0 Å². The second-order valence-electron chi connectivity index (χ2n) is 13.5. The Morgan fingerprint density at radius 1 is 1.02 bits per heavy atom. The van der Waals surface area contributed by atoms with Crippen molar-refractivity contribution in [3.63, 3.8) is 0 Å². The van der Waals surface area contributed by atoms with Crippen LogP contribution in [0, 0.1) is 11.8 Å². The second-order valence-corrected chi connectivity index (χ2v) is 13.5. The lowest BCUT2D eigenvalue weighted by atomic mass is 9.50. The minimum Gasteiger partial charge on any atom is -0.493 e. The number of likely N-dealkylation sites (tertiary alicyclic amines) is 1. The quantitative estimate of drug-likeness (QED) is 0.249. The van der Waals surface area contributed by atoms with Crippen LogP contribution in [0.4, 0.5) is 0 Å². The Morgan fingerprint density at radius 3 is 2.41 bits per heavy atom. The summed E-state index contributed by atoms with van der Waals surface area (Å²) in [5.41, 5.74) is 0.00376. The molecule has 1 fully saturated rings. The number of carbonyl (C=O) groups is 4. The van der Waals surface area contributed by atoms with Crippen LogP contribution in [0.2, 0.25) is 0 Å². The second kappa shape index (κ2) is 13.2. The average Bonchev–Trinajstić information content (AvgIpc) is 3.36. The molecule has 2 aliphatic carbocycles. The van der Waals surface area contributed by atoms with Crippen molar-refractivity contribution in [2.45, 2.75) is 95.5 Å². The Morgan fingerprint density at radius 2 is 1.72 bits per heavy atom. The van der Waals surface area contributed by atoms with Gasteiger partial charge in [0.25, 0.3) is 0 Å². The van der Waals surface area contributed by atoms with Gasteiger partial charge in [-0.3, -0.25) is 14.4 Å². The number of esters is 4. The van der Waals surface area contributed by atoms with E-state index in [1.807, 2.05) is 46.9 Å². The van der Waals surface area contributed by atoms with Gasteiger partial charge in [-0.1, -0.05) is 33.8 Å². The highest BCUT2D eigenvalue weighted by atomic mass is 16.6. The summed E-state index contributed by atoms with van der Waals surface area (Å²) < 4.78 is 33.6. The lowest BCUT2D eigenvalue weighted by molar-refractivity contribution is -0.173. The molecule has 5 atom stereocenters. The first-order chi connectivity index (χ1) is 21.8. The predicted molar refractivity (Wildman–Crippen MR) is 163 cm³/mol. The number of nitrogens with zero attached hydrogens (tertiary/aromatic N) is 1. The largest absolute Gasteiger partial charge is 0.493 e. The number of aliphatic hydroxyl groups is 1. The molecule has 12 heteroatoms. The minimum atomic E-state index is -1.50. The number of likely N-dealkylation sites (N-methyl/N-ethyl adjacent to an activating group) is 1. The van der Waals surface area contributed by atoms with Crippen LogP contribution in [-0.2, 0) is 50.0 Å². The first-order valence-electron chi connectivity index (χ1n) is 16.0. The third-order valence-corrected chi connectivity index (χ3v) is 9.35. The van der Waals surface area contributed by atoms with E-state index >= 15 is 0 Å². The van der Waals surface area contributed by atoms with Crippen LogP contribution in [0.25, 0.3) is 0 Å². The summed E-state index contributed by atoms with van der Waals surface area (Å²) in [6.45, 7) is 8.41. The number of carbonyl (C=O) groups excluding carboxylic acids is 4. The van der Waals surface area contributed by atoms with Gasteiger partial charge in [0.2, 0.25) is 6.10 Å². The molecule has 2 bridgehead atoms. The molecule has 4 aliphatic rings. The number of ether oxygens (including phenoxy) is 6. The summed E-state index contributed by atoms with van der Waals surface area (Å²) in [7, 11) is 3.57. The third-order valence-electron chi connectivity index (χ3n) is 9.35. The molecule has 0 saturated carbocycles. The van der Waals surface area contributed by atoms with E-state index in [0.717, 1.165) is 17.7 Å². The van der Waals surface area contributed by atoms with Crippen molar-refractivity contribution < 1.29 is 52.7 Å². The Hall–Kier alpha value is -3.64. The normalized spacial score (nSPS) is 26.4. The standard InChI is InChI=1S/C34H45NO11/c1-19(2)17-42-28(38)16-24(32(39)43-18-20(3)4)45-27(37)10-9-26(36)44-23-11-12-34(40)25-15-21-7-8-22(41-6)30-29(21)33(34,31(23)46-30)13-14-35(25)5/h7-8,11,19-20,24-25,31,40H,9-10,12-18H2,1-6H3/t24-,25-,31+,33+,34-/m1/s1.